The van der Waals surface area contributed by atoms with Gasteiger partial charge in [-0.25, -0.2) is 4.79 Å². The minimum absolute atomic E-state index is 0.0589. The lowest BCUT2D eigenvalue weighted by molar-refractivity contribution is 0.0216. The second-order valence-corrected chi connectivity index (χ2v) is 12.4. The molecule has 1 atom stereocenters. The molecule has 13 heteroatoms. The van der Waals surface area contributed by atoms with Gasteiger partial charge in [0.1, 0.15) is 11.1 Å². The van der Waals surface area contributed by atoms with Crippen molar-refractivity contribution >= 4 is 102 Å². The molecule has 198 valence electrons. The van der Waals surface area contributed by atoms with Gasteiger partial charge in [0.05, 0.1) is 14.5 Å². The first-order chi connectivity index (χ1) is 17.3. The molecule has 1 fully saturated rings. The van der Waals surface area contributed by atoms with E-state index in [1.807, 2.05) is 27.7 Å². The number of halogens is 4. The lowest BCUT2D eigenvalue weighted by Crippen LogP contribution is -2.54. The maximum atomic E-state index is 12.3. The van der Waals surface area contributed by atoms with E-state index in [0.29, 0.717) is 57.2 Å². The first kappa shape index (κ1) is 28.2. The molecule has 1 aliphatic rings. The third-order valence-corrected chi connectivity index (χ3v) is 7.16. The van der Waals surface area contributed by atoms with Crippen LogP contribution in [0.1, 0.15) is 27.7 Å². The SMILES string of the molecule is C[C@H]1CN(C(=O)OC(C)(C)C)CCN1c1nc2cc(Cl)cc(Br)c2o1.S=c1[nH]c2cc(Cl)cc(Br)c2o1. The van der Waals surface area contributed by atoms with Crippen LogP contribution in [0, 0.1) is 4.84 Å². The van der Waals surface area contributed by atoms with Gasteiger partial charge in [-0.1, -0.05) is 23.2 Å². The Morgan fingerprint density at radius 1 is 1.11 bits per heavy atom. The van der Waals surface area contributed by atoms with Crippen molar-refractivity contribution in [2.75, 3.05) is 24.5 Å². The zero-order chi connectivity index (χ0) is 27.1. The van der Waals surface area contributed by atoms with Crippen LogP contribution in [0.4, 0.5) is 10.8 Å². The first-order valence-corrected chi connectivity index (χ1v) is 14.0. The minimum atomic E-state index is -0.497. The van der Waals surface area contributed by atoms with Crippen molar-refractivity contribution in [1.82, 2.24) is 14.9 Å². The third-order valence-electron chi connectivity index (χ3n) is 5.36. The Bertz CT molecular complexity index is 1510. The highest BCUT2D eigenvalue weighted by atomic mass is 79.9. The van der Waals surface area contributed by atoms with Gasteiger partial charge in [-0.2, -0.15) is 4.98 Å². The molecule has 0 bridgehead atoms. The van der Waals surface area contributed by atoms with Crippen molar-refractivity contribution in [3.8, 4) is 0 Å². The van der Waals surface area contributed by atoms with E-state index in [0.717, 1.165) is 14.5 Å². The number of fused-ring (bicyclic) bond motifs is 2. The highest BCUT2D eigenvalue weighted by molar-refractivity contribution is 9.11. The number of rotatable bonds is 1. The summed E-state index contributed by atoms with van der Waals surface area (Å²) < 4.78 is 18.1. The molecule has 5 rings (SSSR count). The third kappa shape index (κ3) is 6.81. The molecule has 0 spiro atoms. The van der Waals surface area contributed by atoms with Crippen LogP contribution in [0.25, 0.3) is 22.2 Å². The van der Waals surface area contributed by atoms with E-state index in [1.54, 1.807) is 29.2 Å². The topological polar surface area (TPSA) is 87.7 Å². The maximum Gasteiger partial charge on any atom is 0.410 e. The Hall–Kier alpha value is -1.79. The van der Waals surface area contributed by atoms with Crippen LogP contribution in [-0.4, -0.2) is 52.2 Å². The number of aromatic amines is 1. The summed E-state index contributed by atoms with van der Waals surface area (Å²) in [5.74, 6) is 0. The molecule has 2 aromatic carbocycles. The number of carbonyl (C=O) groups is 1. The Kier molecular flexibility index (Phi) is 8.49. The molecule has 0 unspecified atom stereocenters. The van der Waals surface area contributed by atoms with Crippen LogP contribution in [0.5, 0.6) is 0 Å². The van der Waals surface area contributed by atoms with Crippen LogP contribution in [-0.2, 0) is 4.74 Å². The quantitative estimate of drug-likeness (QED) is 0.200. The zero-order valence-electron chi connectivity index (χ0n) is 20.4. The fraction of sp³-hybridized carbons (Fsp3) is 0.375. The summed E-state index contributed by atoms with van der Waals surface area (Å²) in [5.41, 5.74) is 2.38. The van der Waals surface area contributed by atoms with E-state index in [-0.39, 0.29) is 12.1 Å². The predicted octanol–water partition coefficient (Wildman–Crippen LogP) is 8.60. The molecule has 0 radical (unpaired) electrons. The zero-order valence-corrected chi connectivity index (χ0v) is 25.9. The Morgan fingerprint density at radius 2 is 1.76 bits per heavy atom. The van der Waals surface area contributed by atoms with Gasteiger partial charge in [0.15, 0.2) is 11.2 Å². The number of nitrogens with one attached hydrogen (secondary N) is 1. The highest BCUT2D eigenvalue weighted by Gasteiger charge is 2.32. The summed E-state index contributed by atoms with van der Waals surface area (Å²) in [4.78, 5) is 23.8. The summed E-state index contributed by atoms with van der Waals surface area (Å²) in [6.07, 6.45) is -0.286. The first-order valence-electron chi connectivity index (χ1n) is 11.3. The number of oxazole rings is 2. The largest absolute Gasteiger partial charge is 0.444 e. The van der Waals surface area contributed by atoms with Crippen molar-refractivity contribution in [3.63, 3.8) is 0 Å². The van der Waals surface area contributed by atoms with Crippen LogP contribution in [0.3, 0.4) is 0 Å². The molecule has 1 saturated heterocycles. The number of amides is 1. The Morgan fingerprint density at radius 3 is 2.41 bits per heavy atom. The van der Waals surface area contributed by atoms with Gasteiger partial charge in [0, 0.05) is 35.7 Å². The van der Waals surface area contributed by atoms with E-state index >= 15 is 0 Å². The highest BCUT2D eigenvalue weighted by Crippen LogP contribution is 2.33. The summed E-state index contributed by atoms with van der Waals surface area (Å²) in [6.45, 7) is 9.37. The van der Waals surface area contributed by atoms with Gasteiger partial charge in [0.2, 0.25) is 0 Å². The average molecular weight is 695 g/mol. The molecule has 2 aromatic heterocycles. The average Bonchev–Trinajstić information content (AvgIpc) is 3.36. The molecule has 0 saturated carbocycles. The number of aromatic nitrogens is 2. The van der Waals surface area contributed by atoms with E-state index in [4.69, 9.17) is 49.0 Å². The minimum Gasteiger partial charge on any atom is -0.444 e. The van der Waals surface area contributed by atoms with Gasteiger partial charge in [-0.05, 0) is 96.0 Å². The molecular formula is C24H24Br2Cl2N4O4S. The number of nitrogens with zero attached hydrogens (tertiary/aromatic N) is 3. The van der Waals surface area contributed by atoms with E-state index in [9.17, 15) is 4.79 Å². The summed E-state index contributed by atoms with van der Waals surface area (Å²) in [5, 5.41) is 1.24. The van der Waals surface area contributed by atoms with Crippen LogP contribution < -0.4 is 4.90 Å². The predicted molar refractivity (Wildman–Crippen MR) is 155 cm³/mol. The number of hydrogen-bond donors (Lipinski definition) is 1. The van der Waals surface area contributed by atoms with Crippen molar-refractivity contribution in [1.29, 1.82) is 0 Å². The van der Waals surface area contributed by atoms with Gasteiger partial charge in [-0.15, -0.1) is 0 Å². The Labute approximate surface area is 245 Å². The molecule has 37 heavy (non-hydrogen) atoms. The van der Waals surface area contributed by atoms with Crippen LogP contribution in [0.2, 0.25) is 10.0 Å². The number of carbonyl (C=O) groups excluding carboxylic acids is 1. The number of benzene rings is 2. The molecule has 3 heterocycles. The fourth-order valence-electron chi connectivity index (χ4n) is 3.79. The second kappa shape index (κ2) is 11.1. The molecule has 8 nitrogen and oxygen atoms in total. The van der Waals surface area contributed by atoms with Gasteiger partial charge in [0.25, 0.3) is 10.9 Å². The monoisotopic (exact) mass is 692 g/mol. The molecule has 1 N–H and O–H groups in total. The number of anilines is 1. The lowest BCUT2D eigenvalue weighted by atomic mass is 10.2. The maximum absolute atomic E-state index is 12.3. The number of H-pyrrole nitrogens is 1. The number of hydrogen-bond acceptors (Lipinski definition) is 7. The number of piperazine rings is 1. The smallest absolute Gasteiger partial charge is 0.410 e. The molecule has 1 amide bonds. The lowest BCUT2D eigenvalue weighted by Gasteiger charge is -2.39. The summed E-state index contributed by atoms with van der Waals surface area (Å²) in [6, 6.07) is 7.67. The standard InChI is InChI=1S/C17H21BrClN3O3.C7H3BrClNOS/c1-10-9-21(16(23)25-17(2,3)4)5-6-22(10)15-20-13-8-11(19)7-12(18)14(13)24-15;8-4-1-3(9)2-5-6(4)11-7(12)10-5/h7-8,10H,5-6,9H2,1-4H3;1-2H,(H,10,12)/t10-;/m0./s1. The normalized spacial score (nSPS) is 16.2. The van der Waals surface area contributed by atoms with Crippen molar-refractivity contribution in [2.24, 2.45) is 0 Å². The molecule has 0 aliphatic carbocycles. The number of ether oxygens (including phenoxy) is 1. The molecule has 1 aliphatic heterocycles. The van der Waals surface area contributed by atoms with Crippen LogP contribution >= 0.6 is 67.3 Å². The second-order valence-electron chi connectivity index (χ2n) is 9.48. The van der Waals surface area contributed by atoms with Crippen molar-refractivity contribution < 1.29 is 18.4 Å². The summed E-state index contributed by atoms with van der Waals surface area (Å²) >= 11 is 23.5. The van der Waals surface area contributed by atoms with Crippen molar-refractivity contribution in [2.45, 2.75) is 39.3 Å². The Balaban J connectivity index is 0.000000222. The van der Waals surface area contributed by atoms with Gasteiger partial charge >= 0.3 is 6.09 Å². The van der Waals surface area contributed by atoms with Gasteiger partial charge < -0.3 is 28.4 Å². The van der Waals surface area contributed by atoms with Crippen molar-refractivity contribution in [3.05, 3.63) is 48.1 Å². The van der Waals surface area contributed by atoms with E-state index < -0.39 is 5.60 Å². The summed E-state index contributed by atoms with van der Waals surface area (Å²) in [7, 11) is 0. The van der Waals surface area contributed by atoms with Crippen LogP contribution in [0.15, 0.2) is 42.0 Å². The molecular weight excluding hydrogens is 671 g/mol. The van der Waals surface area contributed by atoms with Gasteiger partial charge in [-0.3, -0.25) is 0 Å². The molecule has 4 aromatic rings. The van der Waals surface area contributed by atoms with E-state index in [1.165, 1.54) is 0 Å². The fourth-order valence-corrected chi connectivity index (χ4v) is 5.75. The van der Waals surface area contributed by atoms with E-state index in [2.05, 4.69) is 46.7 Å².